The van der Waals surface area contributed by atoms with Gasteiger partial charge in [-0.05, 0) is 24.3 Å². The van der Waals surface area contributed by atoms with E-state index in [-0.39, 0.29) is 12.5 Å². The van der Waals surface area contributed by atoms with Crippen LogP contribution in [-0.4, -0.2) is 17.1 Å². The number of amides is 1. The maximum Gasteiger partial charge on any atom is 0.420 e. The molecule has 128 valence electrons. The van der Waals surface area contributed by atoms with Crippen LogP contribution in [0.25, 0.3) is 11.1 Å². The van der Waals surface area contributed by atoms with Gasteiger partial charge in [-0.1, -0.05) is 36.4 Å². The van der Waals surface area contributed by atoms with Crippen molar-refractivity contribution in [3.05, 3.63) is 70.7 Å². The molecule has 1 N–H and O–H groups in total. The van der Waals surface area contributed by atoms with Crippen molar-refractivity contribution in [2.24, 2.45) is 0 Å². The molecule has 6 nitrogen and oxygen atoms in total. The number of ether oxygens (including phenoxy) is 1. The van der Waals surface area contributed by atoms with Crippen molar-refractivity contribution in [3.8, 4) is 5.75 Å². The molecule has 0 radical (unpaired) electrons. The van der Waals surface area contributed by atoms with E-state index >= 15 is 0 Å². The number of rotatable bonds is 6. The molecule has 7 heteroatoms. The van der Waals surface area contributed by atoms with Crippen molar-refractivity contribution >= 4 is 34.3 Å². The Bertz CT molecular complexity index is 990. The number of nitrogens with zero attached hydrogens (tertiary/aromatic N) is 1. The molecule has 0 bridgehead atoms. The van der Waals surface area contributed by atoms with E-state index in [1.807, 2.05) is 0 Å². The Morgan fingerprint density at radius 3 is 2.92 bits per heavy atom. The molecule has 0 aliphatic rings. The summed E-state index contributed by atoms with van der Waals surface area (Å²) in [5.74, 6) is -0.482. The number of hydrogen-bond acceptors (Lipinski definition) is 4. The first-order valence-corrected chi connectivity index (χ1v) is 7.88. The van der Waals surface area contributed by atoms with Crippen LogP contribution in [0.3, 0.4) is 0 Å². The van der Waals surface area contributed by atoms with Gasteiger partial charge in [-0.25, -0.2) is 4.79 Å². The second kappa shape index (κ2) is 7.27. The minimum absolute atomic E-state index is 0.191. The van der Waals surface area contributed by atoms with Crippen LogP contribution in [0.15, 0.2) is 64.3 Å². The zero-order valence-corrected chi connectivity index (χ0v) is 14.0. The average molecular weight is 359 g/mol. The van der Waals surface area contributed by atoms with E-state index < -0.39 is 5.76 Å². The van der Waals surface area contributed by atoms with Crippen LogP contribution in [-0.2, 0) is 11.3 Å². The van der Waals surface area contributed by atoms with Crippen LogP contribution in [0.2, 0.25) is 5.02 Å². The molecule has 0 aliphatic heterocycles. The van der Waals surface area contributed by atoms with Crippen molar-refractivity contribution < 1.29 is 13.9 Å². The number of carbonyl (C=O) groups is 1. The van der Waals surface area contributed by atoms with Gasteiger partial charge in [-0.15, -0.1) is 0 Å². The van der Waals surface area contributed by atoms with E-state index in [1.54, 1.807) is 42.5 Å². The zero-order chi connectivity index (χ0) is 17.8. The first-order valence-electron chi connectivity index (χ1n) is 7.50. The van der Waals surface area contributed by atoms with E-state index in [9.17, 15) is 9.59 Å². The molecule has 1 aromatic heterocycles. The molecule has 3 aromatic rings. The minimum atomic E-state index is -0.622. The molecule has 0 unspecified atom stereocenters. The van der Waals surface area contributed by atoms with Crippen LogP contribution in [0.5, 0.6) is 5.75 Å². The fraction of sp³-hybridized carbons (Fsp3) is 0.111. The Labute approximate surface area is 148 Å². The number of halogens is 1. The molecule has 0 atom stereocenters. The van der Waals surface area contributed by atoms with Gasteiger partial charge in [0.1, 0.15) is 18.9 Å². The summed E-state index contributed by atoms with van der Waals surface area (Å²) in [6.45, 7) is 3.72. The van der Waals surface area contributed by atoms with E-state index in [0.29, 0.717) is 34.2 Å². The lowest BCUT2D eigenvalue weighted by Gasteiger charge is -2.11. The fourth-order valence-corrected chi connectivity index (χ4v) is 2.53. The summed E-state index contributed by atoms with van der Waals surface area (Å²) in [5.41, 5.74) is 1.35. The number of benzene rings is 2. The Balaban J connectivity index is 1.81. The number of aromatic nitrogens is 1. The number of hydrogen-bond donors (Lipinski definition) is 1. The number of para-hydroxylation sites is 2. The molecule has 0 saturated heterocycles. The standard InChI is InChI=1S/C18H15ClN2O4/c1-2-9-24-15-6-4-3-5-13(15)20-17(22)11-21-14-8-7-12(19)10-16(14)25-18(21)23/h2-8,10H,1,9,11H2,(H,20,22). The van der Waals surface area contributed by atoms with Crippen LogP contribution < -0.4 is 15.8 Å². The largest absolute Gasteiger partial charge is 0.487 e. The molecular weight excluding hydrogens is 344 g/mol. The Kier molecular flexibility index (Phi) is 4.90. The second-order valence-corrected chi connectivity index (χ2v) is 5.65. The van der Waals surface area contributed by atoms with Crippen molar-refractivity contribution in [1.82, 2.24) is 4.57 Å². The van der Waals surface area contributed by atoms with Crippen LogP contribution >= 0.6 is 11.6 Å². The van der Waals surface area contributed by atoms with Gasteiger partial charge >= 0.3 is 5.76 Å². The Morgan fingerprint density at radius 2 is 2.12 bits per heavy atom. The predicted octanol–water partition coefficient (Wildman–Crippen LogP) is 3.45. The number of nitrogens with one attached hydrogen (secondary N) is 1. The first kappa shape index (κ1) is 16.9. The highest BCUT2D eigenvalue weighted by molar-refractivity contribution is 6.31. The Hall–Kier alpha value is -2.99. The zero-order valence-electron chi connectivity index (χ0n) is 13.2. The van der Waals surface area contributed by atoms with Crippen molar-refractivity contribution in [2.45, 2.75) is 6.54 Å². The quantitative estimate of drug-likeness (QED) is 0.685. The smallest absolute Gasteiger partial charge is 0.420 e. The maximum absolute atomic E-state index is 12.4. The third-order valence-corrected chi connectivity index (χ3v) is 3.68. The highest BCUT2D eigenvalue weighted by Gasteiger charge is 2.14. The van der Waals surface area contributed by atoms with Crippen molar-refractivity contribution in [2.75, 3.05) is 11.9 Å². The minimum Gasteiger partial charge on any atom is -0.487 e. The van der Waals surface area contributed by atoms with Crippen LogP contribution in [0, 0.1) is 0 Å². The molecule has 1 amide bonds. The predicted molar refractivity (Wildman–Crippen MR) is 96.2 cm³/mol. The van der Waals surface area contributed by atoms with Gasteiger partial charge in [0.15, 0.2) is 5.58 Å². The van der Waals surface area contributed by atoms with E-state index in [0.717, 1.165) is 0 Å². The van der Waals surface area contributed by atoms with Gasteiger partial charge in [-0.3, -0.25) is 9.36 Å². The topological polar surface area (TPSA) is 73.5 Å². The molecule has 0 aliphatic carbocycles. The average Bonchev–Trinajstić information content (AvgIpc) is 2.88. The number of oxazole rings is 1. The van der Waals surface area contributed by atoms with Gasteiger partial charge in [0, 0.05) is 11.1 Å². The van der Waals surface area contributed by atoms with Crippen LogP contribution in [0.1, 0.15) is 0 Å². The van der Waals surface area contributed by atoms with E-state index in [2.05, 4.69) is 11.9 Å². The summed E-state index contributed by atoms with van der Waals surface area (Å²) >= 11 is 5.88. The van der Waals surface area contributed by atoms with Gasteiger partial charge in [0.2, 0.25) is 5.91 Å². The molecule has 0 spiro atoms. The normalized spacial score (nSPS) is 10.6. The highest BCUT2D eigenvalue weighted by atomic mass is 35.5. The maximum atomic E-state index is 12.4. The first-order chi connectivity index (χ1) is 12.1. The molecule has 0 fully saturated rings. The summed E-state index contributed by atoms with van der Waals surface area (Å²) in [4.78, 5) is 24.3. The number of carbonyl (C=O) groups excluding carboxylic acids is 1. The molecule has 25 heavy (non-hydrogen) atoms. The lowest BCUT2D eigenvalue weighted by Crippen LogP contribution is -2.25. The van der Waals surface area contributed by atoms with Gasteiger partial charge < -0.3 is 14.5 Å². The summed E-state index contributed by atoms with van der Waals surface area (Å²) in [7, 11) is 0. The van der Waals surface area contributed by atoms with E-state index in [1.165, 1.54) is 10.6 Å². The third kappa shape index (κ3) is 3.75. The van der Waals surface area contributed by atoms with Gasteiger partial charge in [-0.2, -0.15) is 0 Å². The Morgan fingerprint density at radius 1 is 1.32 bits per heavy atom. The lowest BCUT2D eigenvalue weighted by molar-refractivity contribution is -0.116. The van der Waals surface area contributed by atoms with E-state index in [4.69, 9.17) is 20.8 Å². The molecular formula is C18H15ClN2O4. The van der Waals surface area contributed by atoms with Gasteiger partial charge in [0.05, 0.1) is 11.2 Å². The fourth-order valence-electron chi connectivity index (χ4n) is 2.37. The summed E-state index contributed by atoms with van der Waals surface area (Å²) in [5, 5.41) is 3.19. The van der Waals surface area contributed by atoms with Crippen LogP contribution in [0.4, 0.5) is 5.69 Å². The number of anilines is 1. The highest BCUT2D eigenvalue weighted by Crippen LogP contribution is 2.24. The molecule has 1 heterocycles. The summed E-state index contributed by atoms with van der Waals surface area (Å²) in [6.07, 6.45) is 1.61. The SMILES string of the molecule is C=CCOc1ccccc1NC(=O)Cn1c(=O)oc2cc(Cl)ccc21. The van der Waals surface area contributed by atoms with Crippen molar-refractivity contribution in [3.63, 3.8) is 0 Å². The van der Waals surface area contributed by atoms with Crippen molar-refractivity contribution in [1.29, 1.82) is 0 Å². The molecule has 0 saturated carbocycles. The number of fused-ring (bicyclic) bond motifs is 1. The molecule has 3 rings (SSSR count). The van der Waals surface area contributed by atoms with Gasteiger partial charge in [0.25, 0.3) is 0 Å². The molecule has 2 aromatic carbocycles. The third-order valence-electron chi connectivity index (χ3n) is 3.45. The second-order valence-electron chi connectivity index (χ2n) is 5.21. The lowest BCUT2D eigenvalue weighted by atomic mass is 10.3. The monoisotopic (exact) mass is 358 g/mol. The summed E-state index contributed by atoms with van der Waals surface area (Å²) < 4.78 is 11.9. The summed E-state index contributed by atoms with van der Waals surface area (Å²) in [6, 6.07) is 11.8.